The van der Waals surface area contributed by atoms with E-state index in [1.165, 1.54) is 6.42 Å². The van der Waals surface area contributed by atoms with E-state index in [4.69, 9.17) is 0 Å². The van der Waals surface area contributed by atoms with Crippen LogP contribution < -0.4 is 10.2 Å². The van der Waals surface area contributed by atoms with Crippen LogP contribution in [0, 0.1) is 5.92 Å². The molecule has 0 aromatic heterocycles. The standard InChI is InChI=1S/C17H27N3O/c1-14(2)20(16-7-5-4-6-8-16)17(21)13-19-10-9-15(12-19)11-18-3/h4-8,14-15,18H,9-13H2,1-3H3. The lowest BCUT2D eigenvalue weighted by Crippen LogP contribution is -2.43. The molecule has 1 aromatic rings. The van der Waals surface area contributed by atoms with E-state index in [1.54, 1.807) is 0 Å². The minimum Gasteiger partial charge on any atom is -0.319 e. The van der Waals surface area contributed by atoms with Gasteiger partial charge in [-0.3, -0.25) is 9.69 Å². The van der Waals surface area contributed by atoms with Gasteiger partial charge in [0.2, 0.25) is 5.91 Å². The van der Waals surface area contributed by atoms with Crippen molar-refractivity contribution in [3.05, 3.63) is 30.3 Å². The number of carbonyl (C=O) groups excluding carboxylic acids is 1. The Morgan fingerprint density at radius 2 is 2.10 bits per heavy atom. The predicted octanol–water partition coefficient (Wildman–Crippen LogP) is 1.97. The maximum absolute atomic E-state index is 12.7. The Hall–Kier alpha value is -1.39. The summed E-state index contributed by atoms with van der Waals surface area (Å²) in [7, 11) is 1.99. The zero-order valence-electron chi connectivity index (χ0n) is 13.4. The van der Waals surface area contributed by atoms with E-state index in [0.717, 1.165) is 25.3 Å². The van der Waals surface area contributed by atoms with Crippen LogP contribution in [0.5, 0.6) is 0 Å². The second-order valence-electron chi connectivity index (χ2n) is 6.14. The van der Waals surface area contributed by atoms with Crippen molar-refractivity contribution in [3.8, 4) is 0 Å². The van der Waals surface area contributed by atoms with E-state index in [0.29, 0.717) is 12.5 Å². The molecule has 4 heteroatoms. The molecule has 1 heterocycles. The van der Waals surface area contributed by atoms with Crippen molar-refractivity contribution >= 4 is 11.6 Å². The Balaban J connectivity index is 1.97. The molecule has 4 nitrogen and oxygen atoms in total. The zero-order chi connectivity index (χ0) is 15.2. The van der Waals surface area contributed by atoms with Crippen LogP contribution in [0.2, 0.25) is 0 Å². The van der Waals surface area contributed by atoms with Gasteiger partial charge in [-0.1, -0.05) is 18.2 Å². The summed E-state index contributed by atoms with van der Waals surface area (Å²) in [5.41, 5.74) is 0.989. The summed E-state index contributed by atoms with van der Waals surface area (Å²) in [6.07, 6.45) is 1.18. The van der Waals surface area contributed by atoms with Crippen LogP contribution in [-0.2, 0) is 4.79 Å². The van der Waals surface area contributed by atoms with Crippen LogP contribution in [0.1, 0.15) is 20.3 Å². The molecule has 1 unspecified atom stereocenters. The van der Waals surface area contributed by atoms with Crippen molar-refractivity contribution in [1.82, 2.24) is 10.2 Å². The quantitative estimate of drug-likeness (QED) is 0.870. The number of para-hydroxylation sites is 1. The molecular weight excluding hydrogens is 262 g/mol. The molecule has 0 saturated carbocycles. The van der Waals surface area contributed by atoms with Crippen LogP contribution in [0.15, 0.2) is 30.3 Å². The maximum Gasteiger partial charge on any atom is 0.241 e. The number of hydrogen-bond acceptors (Lipinski definition) is 3. The third-order valence-corrected chi connectivity index (χ3v) is 4.04. The van der Waals surface area contributed by atoms with Crippen molar-refractivity contribution in [2.75, 3.05) is 38.1 Å². The van der Waals surface area contributed by atoms with Gasteiger partial charge in [0.15, 0.2) is 0 Å². The summed E-state index contributed by atoms with van der Waals surface area (Å²) in [6.45, 7) is 7.74. The molecule has 2 rings (SSSR count). The second-order valence-corrected chi connectivity index (χ2v) is 6.14. The number of hydrogen-bond donors (Lipinski definition) is 1. The number of benzene rings is 1. The summed E-state index contributed by atoms with van der Waals surface area (Å²) < 4.78 is 0. The topological polar surface area (TPSA) is 35.6 Å². The molecule has 1 atom stereocenters. The highest BCUT2D eigenvalue weighted by molar-refractivity contribution is 5.95. The fourth-order valence-corrected chi connectivity index (χ4v) is 3.10. The molecule has 1 saturated heterocycles. The van der Waals surface area contributed by atoms with Crippen molar-refractivity contribution in [3.63, 3.8) is 0 Å². The molecule has 0 spiro atoms. The van der Waals surface area contributed by atoms with Gasteiger partial charge < -0.3 is 10.2 Å². The van der Waals surface area contributed by atoms with Gasteiger partial charge >= 0.3 is 0 Å². The predicted molar refractivity (Wildman–Crippen MR) is 87.5 cm³/mol. The summed E-state index contributed by atoms with van der Waals surface area (Å²) in [4.78, 5) is 16.9. The lowest BCUT2D eigenvalue weighted by atomic mass is 10.1. The SMILES string of the molecule is CNCC1CCN(CC(=O)N(c2ccccc2)C(C)C)C1. The Morgan fingerprint density at radius 1 is 1.38 bits per heavy atom. The van der Waals surface area contributed by atoms with Crippen molar-refractivity contribution < 1.29 is 4.79 Å². The zero-order valence-corrected chi connectivity index (χ0v) is 13.4. The van der Waals surface area contributed by atoms with Crippen molar-refractivity contribution in [2.24, 2.45) is 5.92 Å². The van der Waals surface area contributed by atoms with E-state index < -0.39 is 0 Å². The molecule has 0 bridgehead atoms. The summed E-state index contributed by atoms with van der Waals surface area (Å²) >= 11 is 0. The molecule has 1 N–H and O–H groups in total. The lowest BCUT2D eigenvalue weighted by Gasteiger charge is -2.29. The third-order valence-electron chi connectivity index (χ3n) is 4.04. The number of likely N-dealkylation sites (tertiary alicyclic amines) is 1. The first kappa shape index (κ1) is 16.0. The van der Waals surface area contributed by atoms with Crippen LogP contribution in [-0.4, -0.2) is 50.1 Å². The van der Waals surface area contributed by atoms with Gasteiger partial charge in [0, 0.05) is 18.3 Å². The molecule has 1 aliphatic rings. The molecule has 116 valence electrons. The van der Waals surface area contributed by atoms with Gasteiger partial charge in [0.1, 0.15) is 0 Å². The highest BCUT2D eigenvalue weighted by atomic mass is 16.2. The Bertz CT molecular complexity index is 447. The second kappa shape index (κ2) is 7.57. The fraction of sp³-hybridized carbons (Fsp3) is 0.588. The van der Waals surface area contributed by atoms with Gasteiger partial charge in [-0.25, -0.2) is 0 Å². The molecule has 0 radical (unpaired) electrons. The minimum atomic E-state index is 0.176. The van der Waals surface area contributed by atoms with Gasteiger partial charge in [-0.05, 0) is 58.5 Å². The number of nitrogens with zero attached hydrogens (tertiary/aromatic N) is 2. The van der Waals surface area contributed by atoms with Crippen molar-refractivity contribution in [2.45, 2.75) is 26.3 Å². The van der Waals surface area contributed by atoms with E-state index in [1.807, 2.05) is 42.3 Å². The van der Waals surface area contributed by atoms with E-state index in [9.17, 15) is 4.79 Å². The largest absolute Gasteiger partial charge is 0.319 e. The maximum atomic E-state index is 12.7. The Kier molecular flexibility index (Phi) is 5.76. The van der Waals surface area contributed by atoms with E-state index in [-0.39, 0.29) is 11.9 Å². The summed E-state index contributed by atoms with van der Waals surface area (Å²) in [5.74, 6) is 0.869. The molecule has 1 aliphatic heterocycles. The molecule has 21 heavy (non-hydrogen) atoms. The number of amides is 1. The van der Waals surface area contributed by atoms with Gasteiger partial charge in [-0.15, -0.1) is 0 Å². The Morgan fingerprint density at radius 3 is 2.71 bits per heavy atom. The van der Waals surface area contributed by atoms with Gasteiger partial charge in [-0.2, -0.15) is 0 Å². The van der Waals surface area contributed by atoms with Crippen LogP contribution in [0.4, 0.5) is 5.69 Å². The van der Waals surface area contributed by atoms with E-state index >= 15 is 0 Å². The number of anilines is 1. The summed E-state index contributed by atoms with van der Waals surface area (Å²) in [5, 5.41) is 3.23. The smallest absolute Gasteiger partial charge is 0.241 e. The molecule has 1 amide bonds. The monoisotopic (exact) mass is 289 g/mol. The molecule has 1 fully saturated rings. The highest BCUT2D eigenvalue weighted by Crippen LogP contribution is 2.19. The number of carbonyl (C=O) groups is 1. The lowest BCUT2D eigenvalue weighted by molar-refractivity contribution is -0.119. The third kappa shape index (κ3) is 4.29. The van der Waals surface area contributed by atoms with Crippen molar-refractivity contribution in [1.29, 1.82) is 0 Å². The van der Waals surface area contributed by atoms with Crippen LogP contribution in [0.3, 0.4) is 0 Å². The highest BCUT2D eigenvalue weighted by Gasteiger charge is 2.26. The first-order valence-corrected chi connectivity index (χ1v) is 7.86. The first-order chi connectivity index (χ1) is 10.1. The number of rotatable bonds is 6. The van der Waals surface area contributed by atoms with Gasteiger partial charge in [0.05, 0.1) is 6.54 Å². The van der Waals surface area contributed by atoms with Crippen LogP contribution >= 0.6 is 0 Å². The molecule has 1 aromatic carbocycles. The fourth-order valence-electron chi connectivity index (χ4n) is 3.10. The van der Waals surface area contributed by atoms with Gasteiger partial charge in [0.25, 0.3) is 0 Å². The normalized spacial score (nSPS) is 19.1. The molecule has 0 aliphatic carbocycles. The average Bonchev–Trinajstić information content (AvgIpc) is 2.87. The summed E-state index contributed by atoms with van der Waals surface area (Å²) in [6, 6.07) is 10.1. The first-order valence-electron chi connectivity index (χ1n) is 7.86. The Labute approximate surface area is 128 Å². The van der Waals surface area contributed by atoms with E-state index in [2.05, 4.69) is 24.1 Å². The number of nitrogens with one attached hydrogen (secondary N) is 1. The minimum absolute atomic E-state index is 0.176. The molecular formula is C17H27N3O. The average molecular weight is 289 g/mol. The van der Waals surface area contributed by atoms with Crippen LogP contribution in [0.25, 0.3) is 0 Å².